The molecule has 3 heterocycles. The SMILES string of the molecule is Cc1noc(C)c1-c1nc(-c2cccc(OCC(CN(C)C(=O)OC(C)(C)C)O[SiH2]C(C)(C)C(C)C)c2)nc(NCC2COCCN2C(=O)O)c1C. The predicted molar refractivity (Wildman–Crippen MR) is 202 cm³/mol. The Bertz CT molecular complexity index is 1670. The second-order valence-corrected chi connectivity index (χ2v) is 17.9. The molecule has 2 amide bonds. The Hall–Kier alpha value is -4.21. The Kier molecular flexibility index (Phi) is 13.3. The van der Waals surface area contributed by atoms with E-state index in [1.54, 1.807) is 7.05 Å². The molecule has 14 nitrogen and oxygen atoms in total. The van der Waals surface area contributed by atoms with Crippen LogP contribution in [0.2, 0.25) is 5.04 Å². The van der Waals surface area contributed by atoms with Crippen LogP contribution in [0, 0.1) is 26.7 Å². The van der Waals surface area contributed by atoms with Crippen molar-refractivity contribution >= 4 is 27.8 Å². The van der Waals surface area contributed by atoms with Crippen LogP contribution in [0.15, 0.2) is 28.8 Å². The first-order valence-electron chi connectivity index (χ1n) is 17.8. The molecule has 1 aliphatic rings. The van der Waals surface area contributed by atoms with E-state index in [2.05, 4.69) is 38.2 Å². The van der Waals surface area contributed by atoms with Crippen molar-refractivity contribution in [1.29, 1.82) is 0 Å². The van der Waals surface area contributed by atoms with Gasteiger partial charge in [-0.15, -0.1) is 0 Å². The normalized spacial score (nSPS) is 16.0. The van der Waals surface area contributed by atoms with Crippen LogP contribution in [0.25, 0.3) is 22.6 Å². The summed E-state index contributed by atoms with van der Waals surface area (Å²) in [4.78, 5) is 37.5. The second-order valence-electron chi connectivity index (χ2n) is 15.4. The van der Waals surface area contributed by atoms with Gasteiger partial charge in [0.15, 0.2) is 15.6 Å². The lowest BCUT2D eigenvalue weighted by Gasteiger charge is -2.33. The average Bonchev–Trinajstić information content (AvgIpc) is 3.41. The van der Waals surface area contributed by atoms with Crippen molar-refractivity contribution in [3.05, 3.63) is 41.3 Å². The van der Waals surface area contributed by atoms with Crippen molar-refractivity contribution in [2.75, 3.05) is 51.8 Å². The largest absolute Gasteiger partial charge is 0.491 e. The molecule has 0 aliphatic carbocycles. The highest BCUT2D eigenvalue weighted by Gasteiger charge is 2.30. The molecule has 0 bridgehead atoms. The summed E-state index contributed by atoms with van der Waals surface area (Å²) >= 11 is 0. The Labute approximate surface area is 309 Å². The van der Waals surface area contributed by atoms with Crippen LogP contribution in [0.5, 0.6) is 5.75 Å². The maximum Gasteiger partial charge on any atom is 0.410 e. The molecule has 1 aromatic carbocycles. The third-order valence-corrected chi connectivity index (χ3v) is 11.6. The van der Waals surface area contributed by atoms with E-state index in [0.717, 1.165) is 11.1 Å². The number of rotatable bonds is 14. The molecule has 286 valence electrons. The molecule has 1 fully saturated rings. The topological polar surface area (TPSA) is 162 Å². The van der Waals surface area contributed by atoms with Crippen LogP contribution in [0.1, 0.15) is 65.5 Å². The van der Waals surface area contributed by atoms with Gasteiger partial charge >= 0.3 is 12.2 Å². The van der Waals surface area contributed by atoms with E-state index < -0.39 is 27.6 Å². The highest BCUT2D eigenvalue weighted by molar-refractivity contribution is 6.32. The van der Waals surface area contributed by atoms with E-state index in [1.165, 1.54) is 9.80 Å². The minimum absolute atomic E-state index is 0.0476. The lowest BCUT2D eigenvalue weighted by molar-refractivity contribution is 0.00442. The number of anilines is 1. The minimum atomic E-state index is -1.01. The van der Waals surface area contributed by atoms with Crippen molar-refractivity contribution in [1.82, 2.24) is 24.9 Å². The van der Waals surface area contributed by atoms with Gasteiger partial charge in [-0.25, -0.2) is 19.6 Å². The first kappa shape index (κ1) is 40.6. The Balaban J connectivity index is 1.61. The maximum atomic E-state index is 12.8. The number of nitrogens with one attached hydrogen (secondary N) is 1. The molecule has 3 aromatic rings. The lowest BCUT2D eigenvalue weighted by atomic mass is 9.99. The van der Waals surface area contributed by atoms with Crippen molar-refractivity contribution in [3.8, 4) is 28.4 Å². The van der Waals surface area contributed by atoms with Gasteiger partial charge in [0.25, 0.3) is 0 Å². The van der Waals surface area contributed by atoms with Crippen LogP contribution in [0.3, 0.4) is 0 Å². The van der Waals surface area contributed by atoms with Gasteiger partial charge in [0, 0.05) is 31.3 Å². The number of aryl methyl sites for hydroxylation is 2. The van der Waals surface area contributed by atoms with Gasteiger partial charge in [-0.2, -0.15) is 0 Å². The zero-order chi connectivity index (χ0) is 38.4. The molecule has 2 unspecified atom stereocenters. The van der Waals surface area contributed by atoms with Gasteiger partial charge in [-0.05, 0) is 64.6 Å². The van der Waals surface area contributed by atoms with Gasteiger partial charge < -0.3 is 38.5 Å². The van der Waals surface area contributed by atoms with Crippen molar-refractivity contribution < 1.29 is 37.9 Å². The number of amides is 2. The van der Waals surface area contributed by atoms with E-state index >= 15 is 0 Å². The first-order chi connectivity index (χ1) is 24.4. The molecule has 0 radical (unpaired) electrons. The van der Waals surface area contributed by atoms with E-state index in [1.807, 2.05) is 65.8 Å². The molecule has 2 atom stereocenters. The summed E-state index contributed by atoms with van der Waals surface area (Å²) in [5.41, 5.74) is 2.98. The van der Waals surface area contributed by atoms with Gasteiger partial charge in [-0.1, -0.05) is 45.0 Å². The molecule has 2 aromatic heterocycles. The van der Waals surface area contributed by atoms with Gasteiger partial charge in [-0.3, -0.25) is 4.90 Å². The number of carboxylic acid groups (broad SMARTS) is 1. The smallest absolute Gasteiger partial charge is 0.410 e. The Morgan fingerprint density at radius 3 is 2.52 bits per heavy atom. The molecule has 52 heavy (non-hydrogen) atoms. The highest BCUT2D eigenvalue weighted by atomic mass is 28.2. The maximum absolute atomic E-state index is 12.8. The van der Waals surface area contributed by atoms with Crippen molar-refractivity contribution in [2.24, 2.45) is 5.92 Å². The van der Waals surface area contributed by atoms with Crippen molar-refractivity contribution in [2.45, 2.75) is 92.0 Å². The number of hydrogen-bond acceptors (Lipinski definition) is 11. The Morgan fingerprint density at radius 2 is 1.88 bits per heavy atom. The number of ether oxygens (including phenoxy) is 3. The number of nitrogens with zero attached hydrogens (tertiary/aromatic N) is 5. The summed E-state index contributed by atoms with van der Waals surface area (Å²) in [5, 5.41) is 17.3. The lowest BCUT2D eigenvalue weighted by Crippen LogP contribution is -2.51. The molecule has 0 saturated carbocycles. The number of carbonyl (C=O) groups excluding carboxylic acids is 1. The molecule has 1 saturated heterocycles. The van der Waals surface area contributed by atoms with E-state index in [9.17, 15) is 14.7 Å². The van der Waals surface area contributed by atoms with E-state index in [-0.39, 0.29) is 30.4 Å². The van der Waals surface area contributed by atoms with Gasteiger partial charge in [0.05, 0.1) is 48.9 Å². The van der Waals surface area contributed by atoms with Crippen LogP contribution >= 0.6 is 0 Å². The number of likely N-dealkylation sites (N-methyl/N-ethyl adjacent to an activating group) is 1. The zero-order valence-corrected chi connectivity index (χ0v) is 33.9. The first-order valence-corrected chi connectivity index (χ1v) is 19.1. The summed E-state index contributed by atoms with van der Waals surface area (Å²) in [6, 6.07) is 7.13. The monoisotopic (exact) mass is 740 g/mol. The van der Waals surface area contributed by atoms with Crippen LogP contribution in [-0.4, -0.2) is 116 Å². The van der Waals surface area contributed by atoms with E-state index in [0.29, 0.717) is 72.3 Å². The number of benzene rings is 1. The molecular formula is C37H56N6O8Si. The Morgan fingerprint density at radius 1 is 1.15 bits per heavy atom. The summed E-state index contributed by atoms with van der Waals surface area (Å²) in [5.74, 6) is 2.64. The number of morpholine rings is 1. The van der Waals surface area contributed by atoms with Gasteiger partial charge in [0.2, 0.25) is 0 Å². The quantitative estimate of drug-likeness (QED) is 0.184. The van der Waals surface area contributed by atoms with Crippen LogP contribution in [0.4, 0.5) is 15.4 Å². The zero-order valence-electron chi connectivity index (χ0n) is 32.5. The van der Waals surface area contributed by atoms with E-state index in [4.69, 9.17) is 33.1 Å². The summed E-state index contributed by atoms with van der Waals surface area (Å²) in [6.45, 7) is 21.7. The van der Waals surface area contributed by atoms with Crippen LogP contribution < -0.4 is 10.1 Å². The average molecular weight is 741 g/mol. The third-order valence-electron chi connectivity index (χ3n) is 9.36. The predicted octanol–water partition coefficient (Wildman–Crippen LogP) is 6.08. The molecule has 4 rings (SSSR count). The summed E-state index contributed by atoms with van der Waals surface area (Å²) in [6.07, 6.45) is -1.79. The number of carbonyl (C=O) groups is 2. The third kappa shape index (κ3) is 10.7. The minimum Gasteiger partial charge on any atom is -0.491 e. The number of hydrogen-bond donors (Lipinski definition) is 2. The molecule has 1 aliphatic heterocycles. The van der Waals surface area contributed by atoms with Crippen LogP contribution in [-0.2, 0) is 13.9 Å². The van der Waals surface area contributed by atoms with Crippen molar-refractivity contribution in [3.63, 3.8) is 0 Å². The standard InChI is InChI=1S/C37H56N6O8Si/c1-22(2)37(9,10)52-51-29(19-42(11)35(46)49-36(6,7)8)21-48-28-14-12-13-26(17-28)33-39-31(30-24(4)41-50-25(30)5)23(3)32(40-33)38-18-27-20-47-16-15-43(27)34(44)45/h12-14,17,22,27,29H,15-16,18-21,52H2,1-11H3,(H,44,45)(H,38,39,40). The fraction of sp³-hybridized carbons (Fsp3) is 0.595. The molecule has 0 spiro atoms. The van der Waals surface area contributed by atoms with Gasteiger partial charge in [0.1, 0.15) is 29.5 Å². The fourth-order valence-corrected chi connectivity index (χ4v) is 6.66. The summed E-state index contributed by atoms with van der Waals surface area (Å²) < 4.78 is 29.5. The number of aromatic nitrogens is 3. The molecule has 2 N–H and O–H groups in total. The molecule has 15 heteroatoms. The molecular weight excluding hydrogens is 685 g/mol. The summed E-state index contributed by atoms with van der Waals surface area (Å²) in [7, 11) is 0.696. The highest BCUT2D eigenvalue weighted by Crippen LogP contribution is 2.35. The second kappa shape index (κ2) is 17.1. The fourth-order valence-electron chi connectivity index (χ4n) is 5.46.